The molecule has 0 amide bonds. The smallest absolute Gasteiger partial charge is 0.137 e. The molecule has 0 saturated heterocycles. The fourth-order valence-electron chi connectivity index (χ4n) is 3.28. The maximum absolute atomic E-state index is 13.9. The van der Waals surface area contributed by atoms with E-state index in [1.165, 1.54) is 12.5 Å². The number of nitrogens with one attached hydrogen (secondary N) is 1. The van der Waals surface area contributed by atoms with Crippen LogP contribution in [-0.4, -0.2) is 11.9 Å². The molecule has 0 aromatic heterocycles. The molecule has 0 spiro atoms. The van der Waals surface area contributed by atoms with E-state index >= 15 is 0 Å². The molecule has 0 bridgehead atoms. The van der Waals surface area contributed by atoms with E-state index in [0.717, 1.165) is 12.8 Å². The third kappa shape index (κ3) is 3.55. The van der Waals surface area contributed by atoms with Crippen molar-refractivity contribution in [3.8, 4) is 5.75 Å². The highest BCUT2D eigenvalue weighted by molar-refractivity contribution is 5.97. The van der Waals surface area contributed by atoms with E-state index in [2.05, 4.69) is 20.8 Å². The van der Waals surface area contributed by atoms with Crippen molar-refractivity contribution >= 4 is 5.84 Å². The number of ether oxygens (including phenoxy) is 1. The van der Waals surface area contributed by atoms with Crippen molar-refractivity contribution in [3.63, 3.8) is 0 Å². The summed E-state index contributed by atoms with van der Waals surface area (Å²) in [7, 11) is 0. The van der Waals surface area contributed by atoms with E-state index < -0.39 is 5.82 Å². The molecule has 4 heteroatoms. The average Bonchev–Trinajstić information content (AvgIpc) is 2.37. The minimum atomic E-state index is -0.495. The predicted molar refractivity (Wildman–Crippen MR) is 83.2 cm³/mol. The molecular formula is C17H25FN2O. The number of nitrogens with two attached hydrogens (primary N) is 1. The van der Waals surface area contributed by atoms with Crippen LogP contribution in [0.2, 0.25) is 0 Å². The maximum Gasteiger partial charge on any atom is 0.137 e. The van der Waals surface area contributed by atoms with Crippen molar-refractivity contribution in [1.82, 2.24) is 0 Å². The van der Waals surface area contributed by atoms with Gasteiger partial charge in [0.05, 0.1) is 5.56 Å². The first kappa shape index (κ1) is 15.8. The molecule has 1 aliphatic rings. The lowest BCUT2D eigenvalue weighted by Gasteiger charge is -2.37. The van der Waals surface area contributed by atoms with E-state index in [-0.39, 0.29) is 17.5 Å². The van der Waals surface area contributed by atoms with Crippen molar-refractivity contribution in [2.24, 2.45) is 23.5 Å². The van der Waals surface area contributed by atoms with Crippen LogP contribution in [-0.2, 0) is 0 Å². The molecule has 0 heterocycles. The molecule has 0 aliphatic heterocycles. The van der Waals surface area contributed by atoms with Gasteiger partial charge in [0, 0.05) is 0 Å². The minimum Gasteiger partial charge on any atom is -0.489 e. The Morgan fingerprint density at radius 2 is 2.10 bits per heavy atom. The van der Waals surface area contributed by atoms with Gasteiger partial charge in [0.1, 0.15) is 23.5 Å². The standard InChI is InChI=1S/C17H25FN2O/c1-10(2)12-8-7-11(3)9-15(12)21-14-6-4-5-13(18)16(14)17(19)20/h4-6,10-12,15H,7-9H2,1-3H3,(H3,19,20). The average molecular weight is 292 g/mol. The van der Waals surface area contributed by atoms with E-state index in [0.29, 0.717) is 23.5 Å². The second kappa shape index (κ2) is 6.46. The van der Waals surface area contributed by atoms with Crippen molar-refractivity contribution in [1.29, 1.82) is 5.41 Å². The molecule has 1 aromatic carbocycles. The molecule has 2 rings (SSSR count). The summed E-state index contributed by atoms with van der Waals surface area (Å²) >= 11 is 0. The second-order valence-electron chi connectivity index (χ2n) is 6.51. The number of amidine groups is 1. The molecule has 3 atom stereocenters. The zero-order chi connectivity index (χ0) is 15.6. The number of benzene rings is 1. The first-order valence-electron chi connectivity index (χ1n) is 7.69. The first-order valence-corrected chi connectivity index (χ1v) is 7.69. The quantitative estimate of drug-likeness (QED) is 0.652. The van der Waals surface area contributed by atoms with Crippen LogP contribution in [0, 0.1) is 29.0 Å². The molecule has 1 aliphatic carbocycles. The van der Waals surface area contributed by atoms with Crippen LogP contribution < -0.4 is 10.5 Å². The number of rotatable bonds is 4. The molecule has 3 N–H and O–H groups in total. The Bertz CT molecular complexity index is 516. The summed E-state index contributed by atoms with van der Waals surface area (Å²) < 4.78 is 20.0. The summed E-state index contributed by atoms with van der Waals surface area (Å²) in [5.74, 6) is 1.21. The zero-order valence-electron chi connectivity index (χ0n) is 13.0. The molecule has 0 radical (unpaired) electrons. The lowest BCUT2D eigenvalue weighted by Crippen LogP contribution is -2.37. The van der Waals surface area contributed by atoms with Crippen LogP contribution in [0.4, 0.5) is 4.39 Å². The summed E-state index contributed by atoms with van der Waals surface area (Å²) in [6.07, 6.45) is 3.38. The van der Waals surface area contributed by atoms with E-state index in [1.807, 2.05) is 0 Å². The Labute approximate surface area is 126 Å². The van der Waals surface area contributed by atoms with Gasteiger partial charge in [-0.2, -0.15) is 0 Å². The Kier molecular flexibility index (Phi) is 4.86. The zero-order valence-corrected chi connectivity index (χ0v) is 13.0. The molecular weight excluding hydrogens is 267 g/mol. The fraction of sp³-hybridized carbons (Fsp3) is 0.588. The second-order valence-corrected chi connectivity index (χ2v) is 6.51. The number of halogens is 1. The lowest BCUT2D eigenvalue weighted by atomic mass is 9.75. The molecule has 3 unspecified atom stereocenters. The monoisotopic (exact) mass is 292 g/mol. The van der Waals surface area contributed by atoms with Gasteiger partial charge in [-0.05, 0) is 42.7 Å². The topological polar surface area (TPSA) is 59.1 Å². The normalized spacial score (nSPS) is 25.9. The minimum absolute atomic E-state index is 0.0636. The van der Waals surface area contributed by atoms with Crippen LogP contribution in [0.1, 0.15) is 45.6 Å². The van der Waals surface area contributed by atoms with Crippen molar-refractivity contribution in [3.05, 3.63) is 29.6 Å². The summed E-state index contributed by atoms with van der Waals surface area (Å²) in [5.41, 5.74) is 5.59. The van der Waals surface area contributed by atoms with Crippen molar-refractivity contribution in [2.75, 3.05) is 0 Å². The van der Waals surface area contributed by atoms with Crippen molar-refractivity contribution in [2.45, 2.75) is 46.1 Å². The summed E-state index contributed by atoms with van der Waals surface area (Å²) in [4.78, 5) is 0. The Balaban J connectivity index is 2.27. The Hall–Kier alpha value is -1.58. The predicted octanol–water partition coefficient (Wildman–Crippen LogP) is 3.95. The molecule has 1 saturated carbocycles. The third-order valence-electron chi connectivity index (χ3n) is 4.48. The lowest BCUT2D eigenvalue weighted by molar-refractivity contribution is 0.0456. The molecule has 1 aromatic rings. The first-order chi connectivity index (χ1) is 9.90. The third-order valence-corrected chi connectivity index (χ3v) is 4.48. The van der Waals surface area contributed by atoms with Gasteiger partial charge in [-0.1, -0.05) is 33.3 Å². The van der Waals surface area contributed by atoms with E-state index in [4.69, 9.17) is 15.9 Å². The van der Waals surface area contributed by atoms with Crippen LogP contribution in [0.5, 0.6) is 5.75 Å². The van der Waals surface area contributed by atoms with Gasteiger partial charge in [-0.15, -0.1) is 0 Å². The van der Waals surface area contributed by atoms with Gasteiger partial charge in [0.15, 0.2) is 0 Å². The van der Waals surface area contributed by atoms with Gasteiger partial charge >= 0.3 is 0 Å². The Morgan fingerprint density at radius 3 is 2.71 bits per heavy atom. The SMILES string of the molecule is CC1CCC(C(C)C)C(Oc2cccc(F)c2C(=N)N)C1. The van der Waals surface area contributed by atoms with Crippen LogP contribution in [0.25, 0.3) is 0 Å². The molecule has 3 nitrogen and oxygen atoms in total. The van der Waals surface area contributed by atoms with Gasteiger partial charge in [0.2, 0.25) is 0 Å². The van der Waals surface area contributed by atoms with Gasteiger partial charge in [-0.25, -0.2) is 4.39 Å². The highest BCUT2D eigenvalue weighted by Gasteiger charge is 2.33. The Morgan fingerprint density at radius 1 is 1.38 bits per heavy atom. The van der Waals surface area contributed by atoms with Crippen LogP contribution in [0.3, 0.4) is 0 Å². The highest BCUT2D eigenvalue weighted by Crippen LogP contribution is 2.36. The van der Waals surface area contributed by atoms with Gasteiger partial charge < -0.3 is 10.5 Å². The number of hydrogen-bond donors (Lipinski definition) is 2. The number of hydrogen-bond acceptors (Lipinski definition) is 2. The van der Waals surface area contributed by atoms with E-state index in [1.54, 1.807) is 12.1 Å². The highest BCUT2D eigenvalue weighted by atomic mass is 19.1. The largest absolute Gasteiger partial charge is 0.489 e. The number of nitrogen functional groups attached to an aromatic ring is 1. The summed E-state index contributed by atoms with van der Waals surface area (Å²) in [5, 5.41) is 7.57. The maximum atomic E-state index is 13.9. The van der Waals surface area contributed by atoms with Gasteiger partial charge in [-0.3, -0.25) is 5.41 Å². The fourth-order valence-corrected chi connectivity index (χ4v) is 3.28. The summed E-state index contributed by atoms with van der Waals surface area (Å²) in [6.45, 7) is 6.63. The summed E-state index contributed by atoms with van der Waals surface area (Å²) in [6, 6.07) is 4.62. The molecule has 1 fully saturated rings. The van der Waals surface area contributed by atoms with Crippen LogP contribution in [0.15, 0.2) is 18.2 Å². The van der Waals surface area contributed by atoms with Gasteiger partial charge in [0.25, 0.3) is 0 Å². The van der Waals surface area contributed by atoms with Crippen molar-refractivity contribution < 1.29 is 9.13 Å². The molecule has 116 valence electrons. The van der Waals surface area contributed by atoms with E-state index in [9.17, 15) is 4.39 Å². The molecule has 21 heavy (non-hydrogen) atoms. The van der Waals surface area contributed by atoms with Crippen LogP contribution >= 0.6 is 0 Å².